The molecule has 3 amide bonds. The highest BCUT2D eigenvalue weighted by molar-refractivity contribution is 5.85. The van der Waals surface area contributed by atoms with Gasteiger partial charge >= 0.3 is 0 Å². The van der Waals surface area contributed by atoms with Crippen LogP contribution in [0.5, 0.6) is 0 Å². The molecule has 7 nitrogen and oxygen atoms in total. The number of benzene rings is 1. The van der Waals surface area contributed by atoms with Crippen molar-refractivity contribution in [1.82, 2.24) is 20.1 Å². The molecular formula is C24H30N4O3. The largest absolute Gasteiger partial charge is 0.347 e. The van der Waals surface area contributed by atoms with E-state index in [0.717, 1.165) is 23.1 Å². The Morgan fingerprint density at radius 2 is 1.97 bits per heavy atom. The Kier molecular flexibility index (Phi) is 7.76. The van der Waals surface area contributed by atoms with Crippen LogP contribution >= 0.6 is 0 Å². The highest BCUT2D eigenvalue weighted by atomic mass is 16.2. The molecule has 0 radical (unpaired) electrons. The van der Waals surface area contributed by atoms with Crippen molar-refractivity contribution in [2.24, 2.45) is 5.92 Å². The summed E-state index contributed by atoms with van der Waals surface area (Å²) in [5.41, 5.74) is 3.11. The Hall–Kier alpha value is -3.22. The minimum Gasteiger partial charge on any atom is -0.347 e. The van der Waals surface area contributed by atoms with Gasteiger partial charge in [0.25, 0.3) is 0 Å². The van der Waals surface area contributed by atoms with Gasteiger partial charge in [-0.1, -0.05) is 37.3 Å². The fourth-order valence-electron chi connectivity index (χ4n) is 3.99. The number of pyridine rings is 1. The second-order valence-corrected chi connectivity index (χ2v) is 7.87. The number of carbonyl (C=O) groups is 3. The first kappa shape index (κ1) is 22.5. The fraction of sp³-hybridized carbons (Fsp3) is 0.417. The van der Waals surface area contributed by atoms with Crippen LogP contribution < -0.4 is 5.32 Å². The van der Waals surface area contributed by atoms with E-state index >= 15 is 0 Å². The van der Waals surface area contributed by atoms with Crippen molar-refractivity contribution in [3.05, 3.63) is 54.4 Å². The molecule has 1 aromatic carbocycles. The van der Waals surface area contributed by atoms with E-state index in [2.05, 4.69) is 10.3 Å². The highest BCUT2D eigenvalue weighted by Gasteiger charge is 2.32. The predicted octanol–water partition coefficient (Wildman–Crippen LogP) is 2.12. The molecular weight excluding hydrogens is 392 g/mol. The third kappa shape index (κ3) is 5.90. The van der Waals surface area contributed by atoms with Crippen molar-refractivity contribution in [2.45, 2.75) is 26.7 Å². The topological polar surface area (TPSA) is 82.6 Å². The average Bonchev–Trinajstić information content (AvgIpc) is 2.93. The number of hydrogen-bond acceptors (Lipinski definition) is 4. The summed E-state index contributed by atoms with van der Waals surface area (Å²) in [7, 11) is 0. The van der Waals surface area contributed by atoms with Crippen LogP contribution in [0.1, 0.15) is 25.8 Å². The van der Waals surface area contributed by atoms with E-state index in [-0.39, 0.29) is 30.2 Å². The molecule has 0 aliphatic carbocycles. The van der Waals surface area contributed by atoms with Crippen LogP contribution in [0.2, 0.25) is 0 Å². The molecule has 0 spiro atoms. The molecule has 164 valence electrons. The van der Waals surface area contributed by atoms with E-state index in [1.165, 1.54) is 6.92 Å². The zero-order chi connectivity index (χ0) is 22.2. The molecule has 7 heteroatoms. The lowest BCUT2D eigenvalue weighted by atomic mass is 9.91. The quantitative estimate of drug-likeness (QED) is 0.741. The summed E-state index contributed by atoms with van der Waals surface area (Å²) in [6.07, 6.45) is 4.96. The molecule has 0 saturated carbocycles. The van der Waals surface area contributed by atoms with E-state index in [0.29, 0.717) is 32.6 Å². The Morgan fingerprint density at radius 1 is 1.16 bits per heavy atom. The molecule has 0 unspecified atom stereocenters. The number of amides is 3. The summed E-state index contributed by atoms with van der Waals surface area (Å²) in [6.45, 7) is 5.40. The van der Waals surface area contributed by atoms with E-state index in [4.69, 9.17) is 0 Å². The summed E-state index contributed by atoms with van der Waals surface area (Å²) in [6, 6.07) is 11.9. The first-order chi connectivity index (χ1) is 15.0. The Balaban J connectivity index is 1.85. The monoisotopic (exact) mass is 422 g/mol. The third-order valence-electron chi connectivity index (χ3n) is 5.53. The number of nitrogens with one attached hydrogen (secondary N) is 1. The van der Waals surface area contributed by atoms with Gasteiger partial charge in [-0.3, -0.25) is 19.4 Å². The zero-order valence-electron chi connectivity index (χ0n) is 18.2. The average molecular weight is 423 g/mol. The summed E-state index contributed by atoms with van der Waals surface area (Å²) in [4.78, 5) is 45.0. The van der Waals surface area contributed by atoms with Gasteiger partial charge in [0.05, 0.1) is 12.5 Å². The minimum atomic E-state index is -0.340. The van der Waals surface area contributed by atoms with Gasteiger partial charge in [-0.2, -0.15) is 0 Å². The van der Waals surface area contributed by atoms with Crippen LogP contribution in [-0.4, -0.2) is 65.2 Å². The number of nitrogens with zero attached hydrogens (tertiary/aromatic N) is 3. The van der Waals surface area contributed by atoms with Gasteiger partial charge in [-0.05, 0) is 30.0 Å². The van der Waals surface area contributed by atoms with Crippen LogP contribution in [0.25, 0.3) is 11.1 Å². The molecule has 1 fully saturated rings. The lowest BCUT2D eigenvalue weighted by Crippen LogP contribution is -2.42. The van der Waals surface area contributed by atoms with Crippen molar-refractivity contribution in [1.29, 1.82) is 0 Å². The molecule has 1 N–H and O–H groups in total. The molecule has 0 bridgehead atoms. The maximum Gasteiger partial charge on any atom is 0.242 e. The Morgan fingerprint density at radius 3 is 2.68 bits per heavy atom. The van der Waals surface area contributed by atoms with Gasteiger partial charge in [0.1, 0.15) is 0 Å². The van der Waals surface area contributed by atoms with E-state index in [1.807, 2.05) is 54.4 Å². The molecule has 1 aliphatic heterocycles. The number of carbonyl (C=O) groups excluding carboxylic acids is 3. The lowest BCUT2D eigenvalue weighted by Gasteiger charge is -2.24. The van der Waals surface area contributed by atoms with Gasteiger partial charge in [0.15, 0.2) is 0 Å². The van der Waals surface area contributed by atoms with E-state index in [1.54, 1.807) is 11.1 Å². The normalized spacial score (nSPS) is 16.7. The number of rotatable bonds is 7. The molecule has 1 saturated heterocycles. The SMILES string of the molecule is CCCN1CCN(C(=O)CNC(C)=O)C[C@@H](Cc2ccccc2-c2cccnc2)C1=O. The zero-order valence-corrected chi connectivity index (χ0v) is 18.2. The van der Waals surface area contributed by atoms with Crippen LogP contribution in [0.3, 0.4) is 0 Å². The fourth-order valence-corrected chi connectivity index (χ4v) is 3.99. The van der Waals surface area contributed by atoms with Crippen molar-refractivity contribution in [2.75, 3.05) is 32.7 Å². The molecule has 1 atom stereocenters. The maximum absolute atomic E-state index is 13.3. The molecule has 3 rings (SSSR count). The van der Waals surface area contributed by atoms with Crippen LogP contribution in [0.15, 0.2) is 48.8 Å². The Labute approximate surface area is 183 Å². The number of hydrogen-bond donors (Lipinski definition) is 1. The van der Waals surface area contributed by atoms with Crippen LogP contribution in [-0.2, 0) is 20.8 Å². The Bertz CT molecular complexity index is 916. The maximum atomic E-state index is 13.3. The van der Waals surface area contributed by atoms with Crippen molar-refractivity contribution in [3.63, 3.8) is 0 Å². The molecule has 1 aliphatic rings. The summed E-state index contributed by atoms with van der Waals surface area (Å²) in [5.74, 6) is -0.661. The third-order valence-corrected chi connectivity index (χ3v) is 5.53. The second kappa shape index (κ2) is 10.7. The summed E-state index contributed by atoms with van der Waals surface area (Å²) < 4.78 is 0. The van der Waals surface area contributed by atoms with Crippen LogP contribution in [0, 0.1) is 5.92 Å². The minimum absolute atomic E-state index is 0.0453. The second-order valence-electron chi connectivity index (χ2n) is 7.87. The van der Waals surface area contributed by atoms with Crippen molar-refractivity contribution in [3.8, 4) is 11.1 Å². The van der Waals surface area contributed by atoms with Crippen molar-refractivity contribution < 1.29 is 14.4 Å². The van der Waals surface area contributed by atoms with Gasteiger partial charge in [-0.25, -0.2) is 0 Å². The first-order valence-corrected chi connectivity index (χ1v) is 10.8. The summed E-state index contributed by atoms with van der Waals surface area (Å²) in [5, 5.41) is 2.57. The standard InChI is InChI=1S/C24H30N4O3/c1-3-11-27-12-13-28(23(30)16-26-18(2)29)17-21(24(27)31)14-19-7-4-5-9-22(19)20-8-6-10-25-15-20/h4-10,15,21H,3,11-14,16-17H2,1-2H3,(H,26,29)/t21-/m1/s1. The molecule has 2 aromatic rings. The van der Waals surface area contributed by atoms with Crippen molar-refractivity contribution >= 4 is 17.7 Å². The first-order valence-electron chi connectivity index (χ1n) is 10.8. The predicted molar refractivity (Wildman–Crippen MR) is 119 cm³/mol. The molecule has 31 heavy (non-hydrogen) atoms. The molecule has 2 heterocycles. The summed E-state index contributed by atoms with van der Waals surface area (Å²) >= 11 is 0. The van der Waals surface area contributed by atoms with Gasteiger partial charge < -0.3 is 15.1 Å². The van der Waals surface area contributed by atoms with Gasteiger partial charge in [-0.15, -0.1) is 0 Å². The smallest absolute Gasteiger partial charge is 0.242 e. The van der Waals surface area contributed by atoms with Crippen LogP contribution in [0.4, 0.5) is 0 Å². The van der Waals surface area contributed by atoms with Gasteiger partial charge in [0.2, 0.25) is 17.7 Å². The van der Waals surface area contributed by atoms with E-state index < -0.39 is 0 Å². The lowest BCUT2D eigenvalue weighted by molar-refractivity contribution is -0.135. The highest BCUT2D eigenvalue weighted by Crippen LogP contribution is 2.26. The number of aromatic nitrogens is 1. The van der Waals surface area contributed by atoms with Gasteiger partial charge in [0, 0.05) is 51.1 Å². The van der Waals surface area contributed by atoms with E-state index in [9.17, 15) is 14.4 Å². The molecule has 1 aromatic heterocycles.